The minimum Gasteiger partial charge on any atom is -0.492 e. The van der Waals surface area contributed by atoms with E-state index in [1.807, 2.05) is 19.1 Å². The van der Waals surface area contributed by atoms with Crippen LogP contribution in [0.25, 0.3) is 0 Å². The first-order chi connectivity index (χ1) is 13.0. The van der Waals surface area contributed by atoms with Crippen molar-refractivity contribution in [3.63, 3.8) is 0 Å². The maximum Gasteiger partial charge on any atom is 0.224 e. The summed E-state index contributed by atoms with van der Waals surface area (Å²) in [7, 11) is 0. The lowest BCUT2D eigenvalue weighted by molar-refractivity contribution is -0.123. The van der Waals surface area contributed by atoms with Crippen molar-refractivity contribution >= 4 is 5.91 Å². The summed E-state index contributed by atoms with van der Waals surface area (Å²) in [4.78, 5) is 16.8. The second-order valence-corrected chi connectivity index (χ2v) is 7.52. The van der Waals surface area contributed by atoms with Crippen molar-refractivity contribution in [1.82, 2.24) is 10.3 Å². The lowest BCUT2D eigenvalue weighted by Gasteiger charge is -2.14. The minimum atomic E-state index is -0.487. The molecule has 6 heteroatoms. The molecule has 4 rings (SSSR count). The van der Waals surface area contributed by atoms with E-state index in [9.17, 15) is 13.6 Å². The first-order valence-electron chi connectivity index (χ1n) is 9.35. The summed E-state index contributed by atoms with van der Waals surface area (Å²) in [5.74, 6) is -0.298. The van der Waals surface area contributed by atoms with Gasteiger partial charge in [-0.25, -0.2) is 8.78 Å². The van der Waals surface area contributed by atoms with Gasteiger partial charge in [0, 0.05) is 5.92 Å². The van der Waals surface area contributed by atoms with Crippen LogP contribution in [0.4, 0.5) is 8.78 Å². The highest BCUT2D eigenvalue weighted by atomic mass is 19.1. The second-order valence-electron chi connectivity index (χ2n) is 7.52. The Hall–Kier alpha value is -2.50. The van der Waals surface area contributed by atoms with Crippen molar-refractivity contribution in [2.24, 2.45) is 11.8 Å². The minimum absolute atomic E-state index is 0.160. The van der Waals surface area contributed by atoms with Crippen molar-refractivity contribution < 1.29 is 18.3 Å². The first kappa shape index (κ1) is 17.9. The highest BCUT2D eigenvalue weighted by Gasteiger charge is 2.45. The lowest BCUT2D eigenvalue weighted by atomic mass is 10.1. The number of carbonyl (C=O) groups is 1. The van der Waals surface area contributed by atoms with E-state index in [2.05, 4.69) is 10.3 Å². The van der Waals surface area contributed by atoms with Crippen molar-refractivity contribution in [3.8, 4) is 5.75 Å². The molecule has 3 atom stereocenters. The molecule has 1 heterocycles. The van der Waals surface area contributed by atoms with E-state index < -0.39 is 11.6 Å². The largest absolute Gasteiger partial charge is 0.492 e. The second kappa shape index (κ2) is 7.25. The summed E-state index contributed by atoms with van der Waals surface area (Å²) in [6.07, 6.45) is 4.66. The predicted molar refractivity (Wildman–Crippen MR) is 96.2 cm³/mol. The van der Waals surface area contributed by atoms with Gasteiger partial charge in [0.05, 0.1) is 24.5 Å². The zero-order chi connectivity index (χ0) is 19.0. The van der Waals surface area contributed by atoms with Gasteiger partial charge in [0.2, 0.25) is 5.91 Å². The van der Waals surface area contributed by atoms with Gasteiger partial charge in [-0.2, -0.15) is 0 Å². The molecule has 0 aliphatic heterocycles. The van der Waals surface area contributed by atoms with E-state index in [0.717, 1.165) is 30.2 Å². The third-order valence-electron chi connectivity index (χ3n) is 5.23. The molecule has 27 heavy (non-hydrogen) atoms. The Kier molecular flexibility index (Phi) is 4.81. The molecule has 2 aliphatic carbocycles. The molecule has 2 aliphatic rings. The van der Waals surface area contributed by atoms with Crippen LogP contribution in [0.3, 0.4) is 0 Å². The quantitative estimate of drug-likeness (QED) is 0.795. The molecule has 0 radical (unpaired) electrons. The van der Waals surface area contributed by atoms with E-state index >= 15 is 0 Å². The average molecular weight is 372 g/mol. The summed E-state index contributed by atoms with van der Waals surface area (Å²) in [6, 6.07) is 6.80. The molecule has 1 aromatic heterocycles. The van der Waals surface area contributed by atoms with Gasteiger partial charge in [-0.3, -0.25) is 9.78 Å². The molecule has 1 N–H and O–H groups in total. The van der Waals surface area contributed by atoms with Gasteiger partial charge in [0.15, 0.2) is 0 Å². The number of aromatic nitrogens is 1. The smallest absolute Gasteiger partial charge is 0.224 e. The topological polar surface area (TPSA) is 51.2 Å². The van der Waals surface area contributed by atoms with Crippen LogP contribution in [0.2, 0.25) is 0 Å². The van der Waals surface area contributed by atoms with E-state index in [1.54, 1.807) is 6.20 Å². The van der Waals surface area contributed by atoms with Crippen LogP contribution in [0.5, 0.6) is 5.75 Å². The third-order valence-corrected chi connectivity index (χ3v) is 5.23. The van der Waals surface area contributed by atoms with Crippen LogP contribution in [0.1, 0.15) is 49.4 Å². The Bertz CT molecular complexity index is 837. The van der Waals surface area contributed by atoms with Crippen LogP contribution in [-0.4, -0.2) is 17.5 Å². The number of carbonyl (C=O) groups excluding carboxylic acids is 1. The number of hydrogen-bond acceptors (Lipinski definition) is 3. The van der Waals surface area contributed by atoms with Crippen LogP contribution in [-0.2, 0) is 4.79 Å². The summed E-state index contributed by atoms with van der Waals surface area (Å²) < 4.78 is 32.9. The van der Waals surface area contributed by atoms with Gasteiger partial charge in [0.25, 0.3) is 0 Å². The molecule has 0 saturated heterocycles. The van der Waals surface area contributed by atoms with Gasteiger partial charge < -0.3 is 10.1 Å². The summed E-state index contributed by atoms with van der Waals surface area (Å²) in [5.41, 5.74) is 1.01. The fourth-order valence-electron chi connectivity index (χ4n) is 3.25. The Morgan fingerprint density at radius 1 is 1.30 bits per heavy atom. The zero-order valence-corrected chi connectivity index (χ0v) is 15.1. The van der Waals surface area contributed by atoms with E-state index in [0.29, 0.717) is 12.3 Å². The van der Waals surface area contributed by atoms with E-state index in [-0.39, 0.29) is 29.3 Å². The molecule has 0 bridgehead atoms. The highest BCUT2D eigenvalue weighted by Crippen LogP contribution is 2.48. The Morgan fingerprint density at radius 3 is 2.81 bits per heavy atom. The van der Waals surface area contributed by atoms with Crippen molar-refractivity contribution in [2.45, 2.75) is 38.1 Å². The van der Waals surface area contributed by atoms with E-state index in [4.69, 9.17) is 4.74 Å². The summed E-state index contributed by atoms with van der Waals surface area (Å²) >= 11 is 0. The van der Waals surface area contributed by atoms with Crippen molar-refractivity contribution in [3.05, 3.63) is 59.4 Å². The maximum atomic E-state index is 13.9. The molecule has 3 unspecified atom stereocenters. The number of hydrogen-bond donors (Lipinski definition) is 1. The van der Waals surface area contributed by atoms with Crippen molar-refractivity contribution in [1.29, 1.82) is 0 Å². The molecule has 2 fully saturated rings. The number of amides is 1. The summed E-state index contributed by atoms with van der Waals surface area (Å²) in [5, 5.41) is 2.91. The number of rotatable bonds is 7. The Balaban J connectivity index is 1.32. The van der Waals surface area contributed by atoms with Gasteiger partial charge in [0.1, 0.15) is 17.4 Å². The predicted octanol–water partition coefficient (Wildman–Crippen LogP) is 4.13. The van der Waals surface area contributed by atoms with Gasteiger partial charge in [-0.05, 0) is 73.9 Å². The third kappa shape index (κ3) is 4.26. The molecular weight excluding hydrogens is 350 g/mol. The number of halogens is 2. The molecule has 2 aromatic rings. The molecule has 2 saturated carbocycles. The highest BCUT2D eigenvalue weighted by molar-refractivity contribution is 5.83. The van der Waals surface area contributed by atoms with Crippen LogP contribution in [0.15, 0.2) is 36.5 Å². The monoisotopic (exact) mass is 372 g/mol. The molecule has 0 spiro atoms. The van der Waals surface area contributed by atoms with Crippen molar-refractivity contribution in [2.75, 3.05) is 6.61 Å². The SMILES string of the molecule is CC(NC(=O)C1CC1c1cc(F)ccc1F)c1ccc(OCC2CC2)cn1. The normalized spacial score (nSPS) is 22.2. The molecule has 1 amide bonds. The number of nitrogens with zero attached hydrogens (tertiary/aromatic N) is 1. The fourth-order valence-corrected chi connectivity index (χ4v) is 3.25. The lowest BCUT2D eigenvalue weighted by Crippen LogP contribution is -2.29. The van der Waals surface area contributed by atoms with Gasteiger partial charge in [-0.1, -0.05) is 0 Å². The number of benzene rings is 1. The standard InChI is InChI=1S/C21H22F2N2O2/c1-12(20-7-5-15(10-24-20)27-11-13-2-3-13)25-21(26)18-9-16(18)17-8-14(22)4-6-19(17)23/h4-8,10,12-13,16,18H,2-3,9,11H2,1H3,(H,25,26). The van der Waals surface area contributed by atoms with Crippen LogP contribution >= 0.6 is 0 Å². The maximum absolute atomic E-state index is 13.9. The zero-order valence-electron chi connectivity index (χ0n) is 15.1. The molecule has 142 valence electrons. The molecular formula is C21H22F2N2O2. The number of ether oxygens (including phenoxy) is 1. The fraction of sp³-hybridized carbons (Fsp3) is 0.429. The number of nitrogens with one attached hydrogen (secondary N) is 1. The number of pyridine rings is 1. The average Bonchev–Trinajstić information content (AvgIpc) is 3.56. The van der Waals surface area contributed by atoms with Crippen LogP contribution in [0, 0.1) is 23.5 Å². The Labute approximate surface area is 157 Å². The molecule has 1 aromatic carbocycles. The summed E-state index contributed by atoms with van der Waals surface area (Å²) in [6.45, 7) is 2.58. The van der Waals surface area contributed by atoms with Gasteiger partial charge >= 0.3 is 0 Å². The molecule has 4 nitrogen and oxygen atoms in total. The van der Waals surface area contributed by atoms with Crippen LogP contribution < -0.4 is 10.1 Å². The van der Waals surface area contributed by atoms with E-state index in [1.165, 1.54) is 18.9 Å². The Morgan fingerprint density at radius 2 is 2.11 bits per heavy atom. The first-order valence-corrected chi connectivity index (χ1v) is 9.35. The van der Waals surface area contributed by atoms with Gasteiger partial charge in [-0.15, -0.1) is 0 Å².